The van der Waals surface area contributed by atoms with Crippen LogP contribution in [-0.4, -0.2) is 19.7 Å². The molecule has 2 nitrogen and oxygen atoms in total. The minimum absolute atomic E-state index is 0.748. The van der Waals surface area contributed by atoms with E-state index in [1.165, 1.54) is 37.7 Å². The maximum absolute atomic E-state index is 5.67. The van der Waals surface area contributed by atoms with Gasteiger partial charge in [0.25, 0.3) is 0 Å². The summed E-state index contributed by atoms with van der Waals surface area (Å²) in [7, 11) is 0. The number of hydrogen-bond acceptors (Lipinski definition) is 2. The van der Waals surface area contributed by atoms with Crippen molar-refractivity contribution in [2.75, 3.05) is 19.7 Å². The molecule has 0 fully saturated rings. The van der Waals surface area contributed by atoms with Crippen molar-refractivity contribution in [1.29, 1.82) is 0 Å². The van der Waals surface area contributed by atoms with Crippen molar-refractivity contribution in [2.45, 2.75) is 46.0 Å². The van der Waals surface area contributed by atoms with Crippen molar-refractivity contribution < 1.29 is 4.74 Å². The highest BCUT2D eigenvalue weighted by Gasteiger charge is 1.94. The van der Waals surface area contributed by atoms with E-state index in [9.17, 15) is 0 Å². The number of rotatable bonds is 10. The predicted molar refractivity (Wildman–Crippen MR) is 78.3 cm³/mol. The summed E-state index contributed by atoms with van der Waals surface area (Å²) in [6, 6.07) is 8.20. The van der Waals surface area contributed by atoms with Crippen LogP contribution in [0.1, 0.15) is 44.6 Å². The molecule has 0 aliphatic rings. The fourth-order valence-corrected chi connectivity index (χ4v) is 1.92. The van der Waals surface area contributed by atoms with Crippen LogP contribution in [0, 0.1) is 6.92 Å². The van der Waals surface area contributed by atoms with Crippen molar-refractivity contribution in [3.05, 3.63) is 29.8 Å². The Labute approximate surface area is 112 Å². The van der Waals surface area contributed by atoms with Crippen LogP contribution < -0.4 is 10.1 Å². The molecule has 0 bridgehead atoms. The van der Waals surface area contributed by atoms with Crippen molar-refractivity contribution in [1.82, 2.24) is 5.32 Å². The molecule has 1 aromatic rings. The molecule has 2 heteroatoms. The number of ether oxygens (including phenoxy) is 1. The van der Waals surface area contributed by atoms with Gasteiger partial charge in [-0.3, -0.25) is 0 Å². The van der Waals surface area contributed by atoms with E-state index < -0.39 is 0 Å². The number of aryl methyl sites for hydroxylation is 1. The first kappa shape index (κ1) is 15.0. The average Bonchev–Trinajstić information content (AvgIpc) is 2.37. The molecule has 0 amide bonds. The SMILES string of the molecule is CCCCCCCNCCOc1cccc(C)c1. The molecule has 0 atom stereocenters. The molecule has 0 aliphatic carbocycles. The summed E-state index contributed by atoms with van der Waals surface area (Å²) in [5.74, 6) is 0.972. The van der Waals surface area contributed by atoms with E-state index in [1.54, 1.807) is 0 Å². The van der Waals surface area contributed by atoms with Crippen LogP contribution in [0.25, 0.3) is 0 Å². The van der Waals surface area contributed by atoms with E-state index in [1.807, 2.05) is 12.1 Å². The van der Waals surface area contributed by atoms with E-state index in [-0.39, 0.29) is 0 Å². The second kappa shape index (κ2) is 9.95. The third kappa shape index (κ3) is 7.33. The van der Waals surface area contributed by atoms with Gasteiger partial charge in [0.05, 0.1) is 0 Å². The second-order valence-electron chi connectivity index (χ2n) is 4.83. The number of hydrogen-bond donors (Lipinski definition) is 1. The fourth-order valence-electron chi connectivity index (χ4n) is 1.92. The second-order valence-corrected chi connectivity index (χ2v) is 4.83. The summed E-state index contributed by atoms with van der Waals surface area (Å²) in [6.45, 7) is 7.13. The van der Waals surface area contributed by atoms with Crippen LogP contribution in [0.4, 0.5) is 0 Å². The van der Waals surface area contributed by atoms with Crippen LogP contribution >= 0.6 is 0 Å². The summed E-state index contributed by atoms with van der Waals surface area (Å²) in [5.41, 5.74) is 1.25. The highest BCUT2D eigenvalue weighted by Crippen LogP contribution is 2.11. The molecule has 0 spiro atoms. The van der Waals surface area contributed by atoms with Gasteiger partial charge in [-0.15, -0.1) is 0 Å². The van der Waals surface area contributed by atoms with E-state index in [4.69, 9.17) is 4.74 Å². The quantitative estimate of drug-likeness (QED) is 0.634. The molecular formula is C16H27NO. The monoisotopic (exact) mass is 249 g/mol. The Kier molecular flexibility index (Phi) is 8.32. The van der Waals surface area contributed by atoms with Gasteiger partial charge in [0.15, 0.2) is 0 Å². The summed E-state index contributed by atoms with van der Waals surface area (Å²) in [4.78, 5) is 0. The third-order valence-corrected chi connectivity index (χ3v) is 2.99. The van der Waals surface area contributed by atoms with E-state index in [0.717, 1.165) is 25.4 Å². The maximum Gasteiger partial charge on any atom is 0.119 e. The Hall–Kier alpha value is -1.02. The molecule has 0 saturated carbocycles. The lowest BCUT2D eigenvalue weighted by Gasteiger charge is -2.08. The summed E-state index contributed by atoms with van der Waals surface area (Å²) in [5, 5.41) is 3.42. The molecular weight excluding hydrogens is 222 g/mol. The van der Waals surface area contributed by atoms with Gasteiger partial charge in [-0.05, 0) is 37.6 Å². The molecule has 1 rings (SSSR count). The van der Waals surface area contributed by atoms with Crippen LogP contribution in [0.3, 0.4) is 0 Å². The first-order valence-corrected chi connectivity index (χ1v) is 7.23. The zero-order chi connectivity index (χ0) is 13.1. The Bertz CT molecular complexity index is 312. The standard InChI is InChI=1S/C16H27NO/c1-3-4-5-6-7-11-17-12-13-18-16-10-8-9-15(2)14-16/h8-10,14,17H,3-7,11-13H2,1-2H3. The van der Waals surface area contributed by atoms with Gasteiger partial charge in [-0.25, -0.2) is 0 Å². The zero-order valence-electron chi connectivity index (χ0n) is 11.9. The summed E-state index contributed by atoms with van der Waals surface area (Å²) in [6.07, 6.45) is 6.69. The molecule has 0 saturated heterocycles. The highest BCUT2D eigenvalue weighted by molar-refractivity contribution is 5.27. The molecule has 0 unspecified atom stereocenters. The highest BCUT2D eigenvalue weighted by atomic mass is 16.5. The lowest BCUT2D eigenvalue weighted by atomic mass is 10.1. The van der Waals surface area contributed by atoms with E-state index >= 15 is 0 Å². The van der Waals surface area contributed by atoms with Gasteiger partial charge in [0, 0.05) is 6.54 Å². The fraction of sp³-hybridized carbons (Fsp3) is 0.625. The molecule has 0 aliphatic heterocycles. The summed E-state index contributed by atoms with van der Waals surface area (Å²) < 4.78 is 5.67. The minimum Gasteiger partial charge on any atom is -0.492 e. The first-order chi connectivity index (χ1) is 8.83. The Morgan fingerprint density at radius 2 is 1.89 bits per heavy atom. The molecule has 18 heavy (non-hydrogen) atoms. The smallest absolute Gasteiger partial charge is 0.119 e. The van der Waals surface area contributed by atoms with Crippen molar-refractivity contribution in [2.24, 2.45) is 0 Å². The summed E-state index contributed by atoms with van der Waals surface area (Å²) >= 11 is 0. The van der Waals surface area contributed by atoms with Crippen LogP contribution in [0.15, 0.2) is 24.3 Å². The number of unbranched alkanes of at least 4 members (excludes halogenated alkanes) is 4. The maximum atomic E-state index is 5.67. The third-order valence-electron chi connectivity index (χ3n) is 2.99. The van der Waals surface area contributed by atoms with Gasteiger partial charge in [-0.2, -0.15) is 0 Å². The average molecular weight is 249 g/mol. The molecule has 102 valence electrons. The van der Waals surface area contributed by atoms with Crippen molar-refractivity contribution in [3.8, 4) is 5.75 Å². The van der Waals surface area contributed by atoms with Gasteiger partial charge in [0.2, 0.25) is 0 Å². The lowest BCUT2D eigenvalue weighted by Crippen LogP contribution is -2.22. The first-order valence-electron chi connectivity index (χ1n) is 7.23. The number of nitrogens with one attached hydrogen (secondary N) is 1. The minimum atomic E-state index is 0.748. The topological polar surface area (TPSA) is 21.3 Å². The zero-order valence-corrected chi connectivity index (χ0v) is 11.9. The normalized spacial score (nSPS) is 10.6. The Balaban J connectivity index is 1.92. The van der Waals surface area contributed by atoms with E-state index in [2.05, 4.69) is 31.3 Å². The Morgan fingerprint density at radius 1 is 1.06 bits per heavy atom. The van der Waals surface area contributed by atoms with E-state index in [0.29, 0.717) is 0 Å². The van der Waals surface area contributed by atoms with Gasteiger partial charge in [-0.1, -0.05) is 44.7 Å². The van der Waals surface area contributed by atoms with Crippen molar-refractivity contribution >= 4 is 0 Å². The van der Waals surface area contributed by atoms with Gasteiger partial charge >= 0.3 is 0 Å². The molecule has 1 aromatic carbocycles. The van der Waals surface area contributed by atoms with Crippen LogP contribution in [0.2, 0.25) is 0 Å². The molecule has 0 aromatic heterocycles. The van der Waals surface area contributed by atoms with Crippen molar-refractivity contribution in [3.63, 3.8) is 0 Å². The van der Waals surface area contributed by atoms with Gasteiger partial charge < -0.3 is 10.1 Å². The molecule has 1 N–H and O–H groups in total. The van der Waals surface area contributed by atoms with Gasteiger partial charge in [0.1, 0.15) is 12.4 Å². The predicted octanol–water partition coefficient (Wildman–Crippen LogP) is 3.93. The molecule has 0 radical (unpaired) electrons. The molecule has 0 heterocycles. The van der Waals surface area contributed by atoms with Crippen LogP contribution in [-0.2, 0) is 0 Å². The largest absolute Gasteiger partial charge is 0.492 e. The number of benzene rings is 1. The lowest BCUT2D eigenvalue weighted by molar-refractivity contribution is 0.313. The van der Waals surface area contributed by atoms with Crippen LogP contribution in [0.5, 0.6) is 5.75 Å². The Morgan fingerprint density at radius 3 is 2.67 bits per heavy atom.